The van der Waals surface area contributed by atoms with E-state index in [1.54, 1.807) is 0 Å². The van der Waals surface area contributed by atoms with Gasteiger partial charge in [-0.2, -0.15) is 0 Å². The lowest BCUT2D eigenvalue weighted by Crippen LogP contribution is -2.08. The molecule has 0 bridgehead atoms. The molecular formula is C17H31N3. The standard InChI is InChI=1S/C17H31N3/c1-3-5-6-7-8-13-15-16(18)20(4-2)17(19-15)14-11-9-10-12-14/h14H,3-13,18H2,1-2H3. The third-order valence-electron chi connectivity index (χ3n) is 4.67. The highest BCUT2D eigenvalue weighted by Crippen LogP contribution is 2.35. The van der Waals surface area contributed by atoms with Crippen molar-refractivity contribution in [2.75, 3.05) is 5.73 Å². The minimum Gasteiger partial charge on any atom is -0.384 e. The molecule has 0 aromatic carbocycles. The van der Waals surface area contributed by atoms with Gasteiger partial charge in [0.2, 0.25) is 0 Å². The van der Waals surface area contributed by atoms with Crippen molar-refractivity contribution in [2.24, 2.45) is 0 Å². The molecule has 1 aromatic rings. The lowest BCUT2D eigenvalue weighted by molar-refractivity contribution is 0.602. The van der Waals surface area contributed by atoms with E-state index in [0.29, 0.717) is 5.92 Å². The molecule has 0 amide bonds. The van der Waals surface area contributed by atoms with Gasteiger partial charge in [0.1, 0.15) is 11.6 Å². The van der Waals surface area contributed by atoms with Crippen LogP contribution in [0.15, 0.2) is 0 Å². The Hall–Kier alpha value is -0.990. The molecule has 114 valence electrons. The molecular weight excluding hydrogens is 246 g/mol. The van der Waals surface area contributed by atoms with E-state index in [-0.39, 0.29) is 0 Å². The largest absolute Gasteiger partial charge is 0.384 e. The molecule has 1 heterocycles. The van der Waals surface area contributed by atoms with Crippen molar-refractivity contribution in [3.63, 3.8) is 0 Å². The first-order valence-electron chi connectivity index (χ1n) is 8.62. The number of nitrogens with zero attached hydrogens (tertiary/aromatic N) is 2. The second-order valence-electron chi connectivity index (χ2n) is 6.19. The van der Waals surface area contributed by atoms with E-state index in [1.165, 1.54) is 63.6 Å². The van der Waals surface area contributed by atoms with Gasteiger partial charge in [-0.1, -0.05) is 45.4 Å². The first-order valence-corrected chi connectivity index (χ1v) is 8.62. The van der Waals surface area contributed by atoms with E-state index in [0.717, 1.165) is 24.5 Å². The summed E-state index contributed by atoms with van der Waals surface area (Å²) in [7, 11) is 0. The third kappa shape index (κ3) is 3.56. The molecule has 1 aliphatic rings. The van der Waals surface area contributed by atoms with Crippen LogP contribution in [0.5, 0.6) is 0 Å². The van der Waals surface area contributed by atoms with E-state index in [1.807, 2.05) is 0 Å². The number of nitrogens with two attached hydrogens (primary N) is 1. The summed E-state index contributed by atoms with van der Waals surface area (Å²) in [4.78, 5) is 4.92. The molecule has 0 radical (unpaired) electrons. The van der Waals surface area contributed by atoms with E-state index in [2.05, 4.69) is 18.4 Å². The van der Waals surface area contributed by atoms with Gasteiger partial charge in [0.15, 0.2) is 0 Å². The number of nitrogen functional groups attached to an aromatic ring is 1. The molecule has 0 saturated heterocycles. The van der Waals surface area contributed by atoms with Gasteiger partial charge in [-0.25, -0.2) is 4.98 Å². The number of rotatable bonds is 8. The predicted octanol–water partition coefficient (Wildman–Crippen LogP) is 4.66. The summed E-state index contributed by atoms with van der Waals surface area (Å²) < 4.78 is 2.26. The Kier molecular flexibility index (Phi) is 5.93. The van der Waals surface area contributed by atoms with Crippen molar-refractivity contribution in [3.05, 3.63) is 11.5 Å². The highest BCUT2D eigenvalue weighted by Gasteiger charge is 2.24. The number of unbranched alkanes of at least 4 members (excludes halogenated alkanes) is 4. The Bertz CT molecular complexity index is 403. The van der Waals surface area contributed by atoms with Crippen molar-refractivity contribution >= 4 is 5.82 Å². The molecule has 1 saturated carbocycles. The fraction of sp³-hybridized carbons (Fsp3) is 0.824. The second-order valence-corrected chi connectivity index (χ2v) is 6.19. The zero-order chi connectivity index (χ0) is 14.4. The van der Waals surface area contributed by atoms with Gasteiger partial charge < -0.3 is 10.3 Å². The van der Waals surface area contributed by atoms with Gasteiger partial charge in [0.05, 0.1) is 5.69 Å². The Morgan fingerprint density at radius 1 is 1.10 bits per heavy atom. The van der Waals surface area contributed by atoms with E-state index in [4.69, 9.17) is 10.7 Å². The number of aromatic nitrogens is 2. The average Bonchev–Trinajstić information content (AvgIpc) is 3.07. The molecule has 20 heavy (non-hydrogen) atoms. The van der Waals surface area contributed by atoms with Crippen LogP contribution in [0.4, 0.5) is 5.82 Å². The van der Waals surface area contributed by atoms with Gasteiger partial charge in [-0.3, -0.25) is 0 Å². The van der Waals surface area contributed by atoms with Crippen LogP contribution in [0.25, 0.3) is 0 Å². The van der Waals surface area contributed by atoms with Gasteiger partial charge >= 0.3 is 0 Å². The van der Waals surface area contributed by atoms with Crippen molar-refractivity contribution < 1.29 is 0 Å². The van der Waals surface area contributed by atoms with Gasteiger partial charge in [-0.15, -0.1) is 0 Å². The Balaban J connectivity index is 1.98. The third-order valence-corrected chi connectivity index (χ3v) is 4.67. The number of imidazole rings is 1. The van der Waals surface area contributed by atoms with Crippen LogP contribution < -0.4 is 5.73 Å². The van der Waals surface area contributed by atoms with Gasteiger partial charge in [0, 0.05) is 12.5 Å². The van der Waals surface area contributed by atoms with Crippen LogP contribution in [-0.2, 0) is 13.0 Å². The number of aryl methyl sites for hydroxylation is 1. The quantitative estimate of drug-likeness (QED) is 0.702. The topological polar surface area (TPSA) is 43.8 Å². The van der Waals surface area contributed by atoms with Crippen LogP contribution in [0, 0.1) is 0 Å². The summed E-state index contributed by atoms with van der Waals surface area (Å²) in [5.41, 5.74) is 7.48. The summed E-state index contributed by atoms with van der Waals surface area (Å²) >= 11 is 0. The summed E-state index contributed by atoms with van der Waals surface area (Å²) in [5, 5.41) is 0. The summed E-state index contributed by atoms with van der Waals surface area (Å²) in [5.74, 6) is 2.86. The normalized spacial score (nSPS) is 16.1. The molecule has 1 fully saturated rings. The van der Waals surface area contributed by atoms with Crippen LogP contribution in [0.2, 0.25) is 0 Å². The van der Waals surface area contributed by atoms with Gasteiger partial charge in [0.25, 0.3) is 0 Å². The minimum absolute atomic E-state index is 0.658. The van der Waals surface area contributed by atoms with E-state index < -0.39 is 0 Å². The maximum absolute atomic E-state index is 6.32. The van der Waals surface area contributed by atoms with Crippen molar-refractivity contribution in [2.45, 2.75) is 90.5 Å². The van der Waals surface area contributed by atoms with Crippen LogP contribution >= 0.6 is 0 Å². The Morgan fingerprint density at radius 2 is 1.80 bits per heavy atom. The maximum Gasteiger partial charge on any atom is 0.126 e. The van der Waals surface area contributed by atoms with Gasteiger partial charge in [-0.05, 0) is 32.6 Å². The highest BCUT2D eigenvalue weighted by atomic mass is 15.1. The lowest BCUT2D eigenvalue weighted by Gasteiger charge is -2.11. The SMILES string of the molecule is CCCCCCCc1nc(C2CCCC2)n(CC)c1N. The molecule has 1 aromatic heterocycles. The molecule has 2 rings (SSSR count). The molecule has 0 atom stereocenters. The highest BCUT2D eigenvalue weighted by molar-refractivity contribution is 5.39. The lowest BCUT2D eigenvalue weighted by atomic mass is 10.1. The maximum atomic E-state index is 6.32. The van der Waals surface area contributed by atoms with Crippen molar-refractivity contribution in [3.8, 4) is 0 Å². The molecule has 2 N–H and O–H groups in total. The van der Waals surface area contributed by atoms with Crippen molar-refractivity contribution in [1.29, 1.82) is 0 Å². The summed E-state index contributed by atoms with van der Waals surface area (Å²) in [6.07, 6.45) is 12.9. The molecule has 1 aliphatic carbocycles. The Morgan fingerprint density at radius 3 is 2.45 bits per heavy atom. The summed E-state index contributed by atoms with van der Waals surface area (Å²) in [6, 6.07) is 0. The van der Waals surface area contributed by atoms with Crippen LogP contribution in [0.3, 0.4) is 0 Å². The molecule has 3 heteroatoms. The molecule has 0 unspecified atom stereocenters. The fourth-order valence-electron chi connectivity index (χ4n) is 3.44. The molecule has 0 spiro atoms. The van der Waals surface area contributed by atoms with E-state index in [9.17, 15) is 0 Å². The number of hydrogen-bond donors (Lipinski definition) is 1. The monoisotopic (exact) mass is 277 g/mol. The number of anilines is 1. The first-order chi connectivity index (χ1) is 9.77. The molecule has 3 nitrogen and oxygen atoms in total. The second kappa shape index (κ2) is 7.70. The van der Waals surface area contributed by atoms with E-state index >= 15 is 0 Å². The number of hydrogen-bond acceptors (Lipinski definition) is 2. The first kappa shape index (κ1) is 15.4. The van der Waals surface area contributed by atoms with Crippen LogP contribution in [-0.4, -0.2) is 9.55 Å². The molecule has 0 aliphatic heterocycles. The Labute approximate surface area is 124 Å². The van der Waals surface area contributed by atoms with Crippen LogP contribution in [0.1, 0.15) is 89.1 Å². The zero-order valence-electron chi connectivity index (χ0n) is 13.3. The minimum atomic E-state index is 0.658. The predicted molar refractivity (Wildman–Crippen MR) is 86.0 cm³/mol. The smallest absolute Gasteiger partial charge is 0.126 e. The fourth-order valence-corrected chi connectivity index (χ4v) is 3.44. The zero-order valence-corrected chi connectivity index (χ0v) is 13.3. The average molecular weight is 277 g/mol. The summed E-state index contributed by atoms with van der Waals surface area (Å²) in [6.45, 7) is 5.40. The van der Waals surface area contributed by atoms with Crippen molar-refractivity contribution in [1.82, 2.24) is 9.55 Å².